The molecule has 3 heteroatoms. The molecule has 3 nitrogen and oxygen atoms in total. The van der Waals surface area contributed by atoms with Gasteiger partial charge in [-0.1, -0.05) is 30.3 Å². The maximum Gasteiger partial charge on any atom is 0.196 e. The van der Waals surface area contributed by atoms with Crippen LogP contribution < -0.4 is 4.74 Å². The van der Waals surface area contributed by atoms with Crippen LogP contribution in [0.1, 0.15) is 36.7 Å². The Morgan fingerprint density at radius 1 is 1.05 bits per heavy atom. The average molecular weight is 270 g/mol. The number of rotatable bonds is 3. The topological polar surface area (TPSA) is 46.5 Å². The first-order valence-corrected chi connectivity index (χ1v) is 6.48. The van der Waals surface area contributed by atoms with E-state index < -0.39 is 0 Å². The number of phenolic OH excluding ortho intramolecular Hbond substituents is 1. The summed E-state index contributed by atoms with van der Waals surface area (Å²) in [5.74, 6) is 0.269. The normalized spacial score (nSPS) is 11.2. The van der Waals surface area contributed by atoms with Crippen molar-refractivity contribution in [1.82, 2.24) is 0 Å². The average Bonchev–Trinajstić information content (AvgIpc) is 2.37. The molecule has 1 N–H and O–H groups in total. The van der Waals surface area contributed by atoms with E-state index in [9.17, 15) is 9.90 Å². The number of aromatic hydroxyl groups is 1. The van der Waals surface area contributed by atoms with Crippen molar-refractivity contribution in [1.29, 1.82) is 0 Å². The van der Waals surface area contributed by atoms with Crippen LogP contribution >= 0.6 is 0 Å². The fourth-order valence-corrected chi connectivity index (χ4v) is 1.87. The molecule has 0 aliphatic carbocycles. The largest absolute Gasteiger partial charge is 0.507 e. The Labute approximate surface area is 118 Å². The summed E-state index contributed by atoms with van der Waals surface area (Å²) < 4.78 is 5.65. The maximum atomic E-state index is 12.3. The van der Waals surface area contributed by atoms with E-state index in [0.717, 1.165) is 0 Å². The summed E-state index contributed by atoms with van der Waals surface area (Å²) >= 11 is 0. The smallest absolute Gasteiger partial charge is 0.196 e. The number of ketones is 1. The van der Waals surface area contributed by atoms with Gasteiger partial charge in [-0.25, -0.2) is 0 Å². The van der Waals surface area contributed by atoms with Crippen LogP contribution in [0.25, 0.3) is 0 Å². The fourth-order valence-electron chi connectivity index (χ4n) is 1.87. The number of phenols is 1. The molecule has 0 aliphatic heterocycles. The predicted molar refractivity (Wildman–Crippen MR) is 78.4 cm³/mol. The van der Waals surface area contributed by atoms with Crippen molar-refractivity contribution in [2.24, 2.45) is 0 Å². The van der Waals surface area contributed by atoms with E-state index in [0.29, 0.717) is 11.3 Å². The minimum atomic E-state index is -0.350. The number of carbonyl (C=O) groups excluding carboxylic acids is 1. The second-order valence-electron chi connectivity index (χ2n) is 5.59. The Bertz CT molecular complexity index is 610. The Balaban J connectivity index is 2.29. The van der Waals surface area contributed by atoms with Gasteiger partial charge in [0.1, 0.15) is 17.1 Å². The van der Waals surface area contributed by atoms with Crippen molar-refractivity contribution >= 4 is 5.78 Å². The molecule has 0 radical (unpaired) electrons. The van der Waals surface area contributed by atoms with Gasteiger partial charge in [0, 0.05) is 11.6 Å². The van der Waals surface area contributed by atoms with Gasteiger partial charge >= 0.3 is 0 Å². The SMILES string of the molecule is CC(C)(C)Oc1ccc(C(=O)c2ccccc2)c(O)c1. The maximum absolute atomic E-state index is 12.3. The van der Waals surface area contributed by atoms with Crippen LogP contribution in [0, 0.1) is 0 Å². The number of hydrogen-bond acceptors (Lipinski definition) is 3. The van der Waals surface area contributed by atoms with Gasteiger partial charge in [-0.3, -0.25) is 4.79 Å². The van der Waals surface area contributed by atoms with Gasteiger partial charge in [0.15, 0.2) is 5.78 Å². The van der Waals surface area contributed by atoms with Crippen molar-refractivity contribution in [3.63, 3.8) is 0 Å². The molecule has 0 saturated heterocycles. The monoisotopic (exact) mass is 270 g/mol. The molecule has 2 aromatic rings. The summed E-state index contributed by atoms with van der Waals surface area (Å²) in [6.07, 6.45) is 0. The summed E-state index contributed by atoms with van der Waals surface area (Å²) in [6, 6.07) is 13.6. The first-order valence-electron chi connectivity index (χ1n) is 6.48. The number of hydrogen-bond donors (Lipinski definition) is 1. The minimum Gasteiger partial charge on any atom is -0.507 e. The lowest BCUT2D eigenvalue weighted by Crippen LogP contribution is -2.22. The molecular weight excluding hydrogens is 252 g/mol. The van der Waals surface area contributed by atoms with E-state index in [4.69, 9.17) is 4.74 Å². The molecule has 20 heavy (non-hydrogen) atoms. The minimum absolute atomic E-state index is 0.0689. The summed E-state index contributed by atoms with van der Waals surface area (Å²) in [5.41, 5.74) is 0.474. The third-order valence-corrected chi connectivity index (χ3v) is 2.67. The standard InChI is InChI=1S/C17H18O3/c1-17(2,3)20-13-9-10-14(15(18)11-13)16(19)12-7-5-4-6-8-12/h4-11,18H,1-3H3. The van der Waals surface area contributed by atoms with Crippen LogP contribution in [0.2, 0.25) is 0 Å². The summed E-state index contributed by atoms with van der Waals surface area (Å²) in [6.45, 7) is 5.77. The van der Waals surface area contributed by atoms with Gasteiger partial charge in [-0.2, -0.15) is 0 Å². The molecule has 0 heterocycles. The van der Waals surface area contributed by atoms with Gasteiger partial charge in [0.05, 0.1) is 5.56 Å². The summed E-state index contributed by atoms with van der Waals surface area (Å²) in [5, 5.41) is 10.0. The lowest BCUT2D eigenvalue weighted by molar-refractivity contribution is 0.103. The Kier molecular flexibility index (Phi) is 3.79. The molecule has 2 aromatic carbocycles. The molecule has 0 spiro atoms. The zero-order valence-electron chi connectivity index (χ0n) is 11.9. The molecule has 0 atom stereocenters. The highest BCUT2D eigenvalue weighted by Gasteiger charge is 2.16. The summed E-state index contributed by atoms with van der Waals surface area (Å²) in [7, 11) is 0. The van der Waals surface area contributed by atoms with Gasteiger partial charge < -0.3 is 9.84 Å². The molecule has 0 fully saturated rings. The van der Waals surface area contributed by atoms with Gasteiger partial charge in [0.25, 0.3) is 0 Å². The van der Waals surface area contributed by atoms with Crippen LogP contribution in [0.15, 0.2) is 48.5 Å². The second kappa shape index (κ2) is 5.37. The van der Waals surface area contributed by atoms with Crippen molar-refractivity contribution < 1.29 is 14.6 Å². The third-order valence-electron chi connectivity index (χ3n) is 2.67. The van der Waals surface area contributed by atoms with Gasteiger partial charge in [0.2, 0.25) is 0 Å². The molecule has 0 amide bonds. The van der Waals surface area contributed by atoms with E-state index >= 15 is 0 Å². The van der Waals surface area contributed by atoms with Crippen LogP contribution in [-0.2, 0) is 0 Å². The highest BCUT2D eigenvalue weighted by molar-refractivity contribution is 6.10. The van der Waals surface area contributed by atoms with E-state index in [-0.39, 0.29) is 22.7 Å². The lowest BCUT2D eigenvalue weighted by atomic mass is 10.0. The van der Waals surface area contributed by atoms with Crippen LogP contribution in [0.4, 0.5) is 0 Å². The van der Waals surface area contributed by atoms with Crippen molar-refractivity contribution in [3.8, 4) is 11.5 Å². The first-order chi connectivity index (χ1) is 9.37. The van der Waals surface area contributed by atoms with E-state index in [1.54, 1.807) is 36.4 Å². The van der Waals surface area contributed by atoms with Crippen LogP contribution in [-0.4, -0.2) is 16.5 Å². The van der Waals surface area contributed by atoms with E-state index in [1.165, 1.54) is 6.07 Å². The lowest BCUT2D eigenvalue weighted by Gasteiger charge is -2.21. The van der Waals surface area contributed by atoms with Crippen molar-refractivity contribution in [2.45, 2.75) is 26.4 Å². The van der Waals surface area contributed by atoms with E-state index in [2.05, 4.69) is 0 Å². The first kappa shape index (κ1) is 14.1. The third kappa shape index (κ3) is 3.38. The van der Waals surface area contributed by atoms with E-state index in [1.807, 2.05) is 26.8 Å². The molecule has 0 unspecified atom stereocenters. The number of carbonyl (C=O) groups is 1. The highest BCUT2D eigenvalue weighted by atomic mass is 16.5. The predicted octanol–water partition coefficient (Wildman–Crippen LogP) is 3.80. The molecular formula is C17H18O3. The Morgan fingerprint density at radius 2 is 1.70 bits per heavy atom. The van der Waals surface area contributed by atoms with Crippen molar-refractivity contribution in [3.05, 3.63) is 59.7 Å². The van der Waals surface area contributed by atoms with Gasteiger partial charge in [-0.05, 0) is 32.9 Å². The van der Waals surface area contributed by atoms with Crippen molar-refractivity contribution in [2.75, 3.05) is 0 Å². The molecule has 104 valence electrons. The van der Waals surface area contributed by atoms with Crippen LogP contribution in [0.3, 0.4) is 0 Å². The zero-order chi connectivity index (χ0) is 14.8. The quantitative estimate of drug-likeness (QED) is 0.863. The Morgan fingerprint density at radius 3 is 2.25 bits per heavy atom. The summed E-state index contributed by atoms with van der Waals surface area (Å²) in [4.78, 5) is 12.3. The number of benzene rings is 2. The molecule has 0 aliphatic rings. The van der Waals surface area contributed by atoms with Crippen LogP contribution in [0.5, 0.6) is 11.5 Å². The second-order valence-corrected chi connectivity index (χ2v) is 5.59. The molecule has 0 saturated carbocycles. The van der Waals surface area contributed by atoms with Gasteiger partial charge in [-0.15, -0.1) is 0 Å². The highest BCUT2D eigenvalue weighted by Crippen LogP contribution is 2.27. The fraction of sp³-hybridized carbons (Fsp3) is 0.235. The Hall–Kier alpha value is -2.29. The molecule has 0 aromatic heterocycles. The number of ether oxygens (including phenoxy) is 1. The molecule has 2 rings (SSSR count). The molecule has 0 bridgehead atoms. The zero-order valence-corrected chi connectivity index (χ0v) is 11.9.